The Labute approximate surface area is 159 Å². The Balaban J connectivity index is 1.96. The van der Waals surface area contributed by atoms with E-state index in [2.05, 4.69) is 24.4 Å². The van der Waals surface area contributed by atoms with Crippen LogP contribution in [0.5, 0.6) is 0 Å². The van der Waals surface area contributed by atoms with E-state index in [1.54, 1.807) is 4.90 Å². The second-order valence-corrected chi connectivity index (χ2v) is 7.05. The molecule has 0 aromatic heterocycles. The zero-order valence-electron chi connectivity index (χ0n) is 15.1. The van der Waals surface area contributed by atoms with E-state index in [1.165, 1.54) is 12.5 Å². The first-order valence-corrected chi connectivity index (χ1v) is 9.33. The summed E-state index contributed by atoms with van der Waals surface area (Å²) in [4.78, 5) is 26.3. The predicted octanol–water partition coefficient (Wildman–Crippen LogP) is 4.41. The number of hydrogen-bond donors (Lipinski definition) is 1. The highest BCUT2D eigenvalue weighted by molar-refractivity contribution is 6.31. The molecule has 2 amide bonds. The van der Waals surface area contributed by atoms with Crippen molar-refractivity contribution >= 4 is 29.1 Å². The van der Waals surface area contributed by atoms with Crippen LogP contribution in [0.3, 0.4) is 0 Å². The van der Waals surface area contributed by atoms with Crippen LogP contribution in [-0.2, 0) is 22.6 Å². The molecule has 0 fully saturated rings. The van der Waals surface area contributed by atoms with Crippen LogP contribution in [0.4, 0.5) is 5.69 Å². The fourth-order valence-electron chi connectivity index (χ4n) is 3.33. The molecule has 4 nitrogen and oxygen atoms in total. The maximum atomic E-state index is 13.0. The highest BCUT2D eigenvalue weighted by Crippen LogP contribution is 2.38. The SMILES string of the molecule is CCCCc1ccc2c(c1)C(NC(C)=O)C(=O)N2Cc1ccccc1Cl. The number of amides is 2. The van der Waals surface area contributed by atoms with E-state index in [1.807, 2.05) is 30.3 Å². The van der Waals surface area contributed by atoms with Crippen molar-refractivity contribution in [2.45, 2.75) is 45.7 Å². The topological polar surface area (TPSA) is 49.4 Å². The van der Waals surface area contributed by atoms with Crippen molar-refractivity contribution in [1.82, 2.24) is 5.32 Å². The van der Waals surface area contributed by atoms with Gasteiger partial charge in [-0.25, -0.2) is 0 Å². The number of carbonyl (C=O) groups is 2. The van der Waals surface area contributed by atoms with Crippen LogP contribution >= 0.6 is 11.6 Å². The van der Waals surface area contributed by atoms with Crippen LogP contribution in [-0.4, -0.2) is 11.8 Å². The van der Waals surface area contributed by atoms with Gasteiger partial charge in [0.1, 0.15) is 6.04 Å². The Kier molecular flexibility index (Phi) is 5.62. The third kappa shape index (κ3) is 3.75. The molecule has 1 N–H and O–H groups in total. The second-order valence-electron chi connectivity index (χ2n) is 6.65. The summed E-state index contributed by atoms with van der Waals surface area (Å²) in [6.45, 7) is 3.98. The third-order valence-corrected chi connectivity index (χ3v) is 5.03. The van der Waals surface area contributed by atoms with Crippen LogP contribution < -0.4 is 10.2 Å². The van der Waals surface area contributed by atoms with Crippen molar-refractivity contribution in [3.63, 3.8) is 0 Å². The molecule has 1 unspecified atom stereocenters. The fourth-order valence-corrected chi connectivity index (χ4v) is 3.52. The average Bonchev–Trinajstić information content (AvgIpc) is 2.86. The van der Waals surface area contributed by atoms with Crippen LogP contribution in [0.15, 0.2) is 42.5 Å². The van der Waals surface area contributed by atoms with E-state index in [0.717, 1.165) is 36.1 Å². The molecule has 1 atom stereocenters. The third-order valence-electron chi connectivity index (χ3n) is 4.66. The van der Waals surface area contributed by atoms with Crippen LogP contribution in [0.25, 0.3) is 0 Å². The number of nitrogens with one attached hydrogen (secondary N) is 1. The molecule has 2 aromatic carbocycles. The van der Waals surface area contributed by atoms with Crippen molar-refractivity contribution in [3.05, 3.63) is 64.2 Å². The van der Waals surface area contributed by atoms with Gasteiger partial charge in [0.05, 0.1) is 6.54 Å². The summed E-state index contributed by atoms with van der Waals surface area (Å²) in [5, 5.41) is 3.43. The smallest absolute Gasteiger partial charge is 0.254 e. The normalized spacial score (nSPS) is 15.9. The second kappa shape index (κ2) is 7.92. The summed E-state index contributed by atoms with van der Waals surface area (Å²) >= 11 is 6.27. The highest BCUT2D eigenvalue weighted by atomic mass is 35.5. The molecule has 136 valence electrons. The van der Waals surface area contributed by atoms with Crippen molar-refractivity contribution in [3.8, 4) is 0 Å². The lowest BCUT2D eigenvalue weighted by Crippen LogP contribution is -2.36. The minimum absolute atomic E-state index is 0.122. The lowest BCUT2D eigenvalue weighted by Gasteiger charge is -2.19. The molecule has 0 bridgehead atoms. The van der Waals surface area contributed by atoms with Gasteiger partial charge >= 0.3 is 0 Å². The number of hydrogen-bond acceptors (Lipinski definition) is 2. The van der Waals surface area contributed by atoms with Gasteiger partial charge in [0.2, 0.25) is 5.91 Å². The minimum atomic E-state index is -0.633. The van der Waals surface area contributed by atoms with Crippen LogP contribution in [0.1, 0.15) is 49.4 Å². The Morgan fingerprint density at radius 3 is 2.69 bits per heavy atom. The number of benzene rings is 2. The number of anilines is 1. The molecule has 0 saturated carbocycles. The average molecular weight is 371 g/mol. The van der Waals surface area contributed by atoms with Gasteiger partial charge in [-0.05, 0) is 36.1 Å². The van der Waals surface area contributed by atoms with Gasteiger partial charge in [-0.2, -0.15) is 0 Å². The molecule has 1 aliphatic heterocycles. The Hall–Kier alpha value is -2.33. The molecule has 0 spiro atoms. The number of unbranched alkanes of at least 4 members (excludes halogenated alkanes) is 1. The Bertz CT molecular complexity index is 835. The molecule has 5 heteroatoms. The molecular weight excluding hydrogens is 348 g/mol. The number of carbonyl (C=O) groups excluding carboxylic acids is 2. The first-order chi connectivity index (χ1) is 12.5. The van der Waals surface area contributed by atoms with Gasteiger partial charge in [0, 0.05) is 23.2 Å². The van der Waals surface area contributed by atoms with Gasteiger partial charge in [-0.15, -0.1) is 0 Å². The van der Waals surface area contributed by atoms with E-state index < -0.39 is 6.04 Å². The molecule has 0 saturated heterocycles. The fraction of sp³-hybridized carbons (Fsp3) is 0.333. The van der Waals surface area contributed by atoms with Gasteiger partial charge < -0.3 is 10.2 Å². The summed E-state index contributed by atoms with van der Waals surface area (Å²) in [7, 11) is 0. The standard InChI is InChI=1S/C21H23ClN2O2/c1-3-4-7-15-10-11-19-17(12-15)20(23-14(2)25)21(26)24(19)13-16-8-5-6-9-18(16)22/h5-6,8-12,20H,3-4,7,13H2,1-2H3,(H,23,25). The maximum Gasteiger partial charge on any atom is 0.254 e. The van der Waals surface area contributed by atoms with Crippen molar-refractivity contribution < 1.29 is 9.59 Å². The first kappa shape index (κ1) is 18.5. The Morgan fingerprint density at radius 2 is 2.00 bits per heavy atom. The molecule has 26 heavy (non-hydrogen) atoms. The van der Waals surface area contributed by atoms with Gasteiger partial charge in [-0.1, -0.05) is 55.3 Å². The lowest BCUT2D eigenvalue weighted by molar-refractivity contribution is -0.126. The summed E-state index contributed by atoms with van der Waals surface area (Å²) < 4.78 is 0. The van der Waals surface area contributed by atoms with E-state index >= 15 is 0 Å². The molecule has 0 aliphatic carbocycles. The molecule has 1 aliphatic rings. The number of nitrogens with zero attached hydrogens (tertiary/aromatic N) is 1. The molecule has 2 aromatic rings. The van der Waals surface area contributed by atoms with Gasteiger partial charge in [-0.3, -0.25) is 9.59 Å². The summed E-state index contributed by atoms with van der Waals surface area (Å²) in [6, 6.07) is 13.0. The van der Waals surface area contributed by atoms with E-state index in [9.17, 15) is 9.59 Å². The molecule has 0 radical (unpaired) electrons. The molecule has 3 rings (SSSR count). The zero-order chi connectivity index (χ0) is 18.7. The van der Waals surface area contributed by atoms with E-state index in [-0.39, 0.29) is 11.8 Å². The quantitative estimate of drug-likeness (QED) is 0.818. The van der Waals surface area contributed by atoms with Gasteiger partial charge in [0.25, 0.3) is 5.91 Å². The summed E-state index contributed by atoms with van der Waals surface area (Å²) in [5.41, 5.74) is 3.78. The zero-order valence-corrected chi connectivity index (χ0v) is 15.8. The van der Waals surface area contributed by atoms with E-state index in [0.29, 0.717) is 11.6 Å². The van der Waals surface area contributed by atoms with Gasteiger partial charge in [0.15, 0.2) is 0 Å². The van der Waals surface area contributed by atoms with Crippen LogP contribution in [0.2, 0.25) is 5.02 Å². The van der Waals surface area contributed by atoms with Crippen molar-refractivity contribution in [1.29, 1.82) is 0 Å². The maximum absolute atomic E-state index is 13.0. The van der Waals surface area contributed by atoms with Crippen molar-refractivity contribution in [2.75, 3.05) is 4.90 Å². The monoisotopic (exact) mass is 370 g/mol. The number of aryl methyl sites for hydroxylation is 1. The molecule has 1 heterocycles. The largest absolute Gasteiger partial charge is 0.341 e. The van der Waals surface area contributed by atoms with E-state index in [4.69, 9.17) is 11.6 Å². The number of halogens is 1. The summed E-state index contributed by atoms with van der Waals surface area (Å²) in [5.74, 6) is -0.337. The van der Waals surface area contributed by atoms with Crippen LogP contribution in [0, 0.1) is 0 Å². The highest BCUT2D eigenvalue weighted by Gasteiger charge is 2.38. The summed E-state index contributed by atoms with van der Waals surface area (Å²) in [6.07, 6.45) is 3.18. The number of rotatable bonds is 6. The Morgan fingerprint density at radius 1 is 1.23 bits per heavy atom. The number of fused-ring (bicyclic) bond motifs is 1. The first-order valence-electron chi connectivity index (χ1n) is 8.96. The molecular formula is C21H23ClN2O2. The minimum Gasteiger partial charge on any atom is -0.341 e. The predicted molar refractivity (Wildman–Crippen MR) is 104 cm³/mol. The van der Waals surface area contributed by atoms with Crippen molar-refractivity contribution in [2.24, 2.45) is 0 Å². The lowest BCUT2D eigenvalue weighted by atomic mass is 10.0.